The lowest BCUT2D eigenvalue weighted by molar-refractivity contribution is -0.119. The predicted molar refractivity (Wildman–Crippen MR) is 150 cm³/mol. The van der Waals surface area contributed by atoms with Gasteiger partial charge in [0.25, 0.3) is 15.9 Å². The fourth-order valence-electron chi connectivity index (χ4n) is 3.65. The van der Waals surface area contributed by atoms with Gasteiger partial charge in [0.05, 0.1) is 16.8 Å². The molecule has 0 saturated carbocycles. The van der Waals surface area contributed by atoms with E-state index in [0.29, 0.717) is 22.0 Å². The van der Waals surface area contributed by atoms with Gasteiger partial charge in [-0.3, -0.25) is 9.10 Å². The fourth-order valence-corrected chi connectivity index (χ4v) is 5.27. The summed E-state index contributed by atoms with van der Waals surface area (Å²) in [7, 11) is -4.00. The number of sulfonamides is 1. The van der Waals surface area contributed by atoms with Crippen molar-refractivity contribution in [2.24, 2.45) is 5.10 Å². The Bertz CT molecular complexity index is 1540. The molecular weight excluding hydrogens is 522 g/mol. The first-order chi connectivity index (χ1) is 18.3. The predicted octanol–water partition coefficient (Wildman–Crippen LogP) is 5.57. The topological polar surface area (TPSA) is 88.1 Å². The minimum atomic E-state index is -4.00. The second-order valence-electron chi connectivity index (χ2n) is 8.37. The Hall–Kier alpha value is -4.14. The summed E-state index contributed by atoms with van der Waals surface area (Å²) in [6, 6.07) is 29.6. The van der Waals surface area contributed by atoms with E-state index >= 15 is 0 Å². The van der Waals surface area contributed by atoms with Crippen molar-refractivity contribution in [1.29, 1.82) is 0 Å². The maximum atomic E-state index is 13.4. The summed E-state index contributed by atoms with van der Waals surface area (Å²) >= 11 is 6.21. The van der Waals surface area contributed by atoms with Crippen LogP contribution >= 0.6 is 11.6 Å². The van der Waals surface area contributed by atoms with Gasteiger partial charge in [-0.05, 0) is 55.0 Å². The van der Waals surface area contributed by atoms with Gasteiger partial charge in [-0.2, -0.15) is 5.10 Å². The number of ether oxygens (including phenoxy) is 1. The molecule has 0 radical (unpaired) electrons. The standard InChI is InChI=1S/C29H26ClN3O4S/c1-22-10-9-13-25(18-22)33(38(35,36)26-14-3-2-4-15-26)20-29(34)32-31-19-23-11-6-8-17-28(23)37-21-24-12-5-7-16-27(24)30/h2-19H,20-21H2,1H3,(H,32,34). The van der Waals surface area contributed by atoms with Crippen molar-refractivity contribution in [3.63, 3.8) is 0 Å². The van der Waals surface area contributed by atoms with Crippen molar-refractivity contribution < 1.29 is 17.9 Å². The van der Waals surface area contributed by atoms with E-state index in [1.54, 1.807) is 54.6 Å². The number of nitrogens with one attached hydrogen (secondary N) is 1. The first kappa shape index (κ1) is 26.9. The molecule has 0 aliphatic rings. The fraction of sp³-hybridized carbons (Fsp3) is 0.103. The van der Waals surface area contributed by atoms with Gasteiger partial charge in [-0.1, -0.05) is 72.3 Å². The molecule has 0 aliphatic carbocycles. The Balaban J connectivity index is 1.48. The molecule has 7 nitrogen and oxygen atoms in total. The quantitative estimate of drug-likeness (QED) is 0.207. The highest BCUT2D eigenvalue weighted by atomic mass is 35.5. The van der Waals surface area contributed by atoms with Gasteiger partial charge >= 0.3 is 0 Å². The van der Waals surface area contributed by atoms with Crippen molar-refractivity contribution >= 4 is 39.4 Å². The number of rotatable bonds is 10. The zero-order valence-electron chi connectivity index (χ0n) is 20.6. The molecule has 1 amide bonds. The lowest BCUT2D eigenvalue weighted by Gasteiger charge is -2.24. The van der Waals surface area contributed by atoms with Crippen molar-refractivity contribution in [1.82, 2.24) is 5.43 Å². The molecule has 0 aliphatic heterocycles. The summed E-state index contributed by atoms with van der Waals surface area (Å²) in [4.78, 5) is 12.9. The van der Waals surface area contributed by atoms with Crippen LogP contribution in [0.1, 0.15) is 16.7 Å². The largest absolute Gasteiger partial charge is 0.488 e. The Morgan fingerprint density at radius 2 is 1.66 bits per heavy atom. The third-order valence-electron chi connectivity index (χ3n) is 5.56. The molecule has 4 rings (SSSR count). The number of halogens is 1. The number of hydrogen-bond acceptors (Lipinski definition) is 5. The Morgan fingerprint density at radius 1 is 0.947 bits per heavy atom. The number of carbonyl (C=O) groups is 1. The van der Waals surface area contributed by atoms with Crippen LogP contribution in [-0.2, 0) is 21.4 Å². The molecule has 0 unspecified atom stereocenters. The summed E-state index contributed by atoms with van der Waals surface area (Å²) in [5, 5.41) is 4.65. The van der Waals surface area contributed by atoms with Crippen LogP contribution in [0.2, 0.25) is 5.02 Å². The van der Waals surface area contributed by atoms with E-state index in [1.165, 1.54) is 18.3 Å². The summed E-state index contributed by atoms with van der Waals surface area (Å²) in [6.07, 6.45) is 1.45. The summed E-state index contributed by atoms with van der Waals surface area (Å²) in [6.45, 7) is 1.66. The number of anilines is 1. The number of para-hydroxylation sites is 1. The zero-order chi connectivity index (χ0) is 27.0. The summed E-state index contributed by atoms with van der Waals surface area (Å²) in [5.74, 6) is -0.0461. The normalized spacial score (nSPS) is 11.3. The van der Waals surface area contributed by atoms with Crippen LogP contribution in [0.5, 0.6) is 5.75 Å². The van der Waals surface area contributed by atoms with Crippen molar-refractivity contribution in [2.45, 2.75) is 18.4 Å². The highest BCUT2D eigenvalue weighted by molar-refractivity contribution is 7.92. The van der Waals surface area contributed by atoms with E-state index in [9.17, 15) is 13.2 Å². The first-order valence-electron chi connectivity index (χ1n) is 11.8. The first-order valence-corrected chi connectivity index (χ1v) is 13.6. The SMILES string of the molecule is Cc1cccc(N(CC(=O)NN=Cc2ccccc2OCc2ccccc2Cl)S(=O)(=O)c2ccccc2)c1. The Kier molecular flexibility index (Phi) is 8.78. The number of carbonyl (C=O) groups excluding carboxylic acids is 1. The number of aryl methyl sites for hydroxylation is 1. The van der Waals surface area contributed by atoms with Crippen LogP contribution in [0.15, 0.2) is 113 Å². The number of hydrogen-bond donors (Lipinski definition) is 1. The van der Waals surface area contributed by atoms with Crippen LogP contribution in [0.25, 0.3) is 0 Å². The van der Waals surface area contributed by atoms with Gasteiger partial charge in [-0.25, -0.2) is 13.8 Å². The minimum absolute atomic E-state index is 0.0856. The Morgan fingerprint density at radius 3 is 2.42 bits per heavy atom. The van der Waals surface area contributed by atoms with Crippen LogP contribution in [0.4, 0.5) is 5.69 Å². The number of benzene rings is 4. The second-order valence-corrected chi connectivity index (χ2v) is 10.6. The van der Waals surface area contributed by atoms with E-state index in [2.05, 4.69) is 10.5 Å². The lowest BCUT2D eigenvalue weighted by Crippen LogP contribution is -2.39. The van der Waals surface area contributed by atoms with Crippen molar-refractivity contribution in [3.8, 4) is 5.75 Å². The molecule has 0 bridgehead atoms. The van der Waals surface area contributed by atoms with E-state index in [1.807, 2.05) is 43.3 Å². The number of hydrazone groups is 1. The molecule has 38 heavy (non-hydrogen) atoms. The van der Waals surface area contributed by atoms with Crippen molar-refractivity contribution in [2.75, 3.05) is 10.8 Å². The summed E-state index contributed by atoms with van der Waals surface area (Å²) in [5.41, 5.74) is 5.14. The van der Waals surface area contributed by atoms with Crippen LogP contribution in [0, 0.1) is 6.92 Å². The molecule has 0 fully saturated rings. The lowest BCUT2D eigenvalue weighted by atomic mass is 10.2. The van der Waals surface area contributed by atoms with E-state index in [4.69, 9.17) is 16.3 Å². The van der Waals surface area contributed by atoms with Gasteiger partial charge in [0.2, 0.25) is 0 Å². The Labute approximate surface area is 227 Å². The van der Waals surface area contributed by atoms with Gasteiger partial charge in [0.1, 0.15) is 18.9 Å². The second kappa shape index (κ2) is 12.4. The number of nitrogens with zero attached hydrogens (tertiary/aromatic N) is 2. The average Bonchev–Trinajstić information content (AvgIpc) is 2.92. The highest BCUT2D eigenvalue weighted by Crippen LogP contribution is 2.24. The number of amides is 1. The van der Waals surface area contributed by atoms with Crippen LogP contribution in [0.3, 0.4) is 0 Å². The highest BCUT2D eigenvalue weighted by Gasteiger charge is 2.27. The molecule has 0 spiro atoms. The average molecular weight is 548 g/mol. The van der Waals surface area contributed by atoms with Gasteiger partial charge in [0.15, 0.2) is 0 Å². The third kappa shape index (κ3) is 6.79. The molecule has 9 heteroatoms. The molecule has 0 aromatic heterocycles. The molecular formula is C29H26ClN3O4S. The van der Waals surface area contributed by atoms with Gasteiger partial charge in [-0.15, -0.1) is 0 Å². The molecule has 0 heterocycles. The zero-order valence-corrected chi connectivity index (χ0v) is 22.2. The third-order valence-corrected chi connectivity index (χ3v) is 7.72. The van der Waals surface area contributed by atoms with Gasteiger partial charge in [0, 0.05) is 16.1 Å². The van der Waals surface area contributed by atoms with Gasteiger partial charge < -0.3 is 4.74 Å². The molecule has 194 valence electrons. The molecule has 4 aromatic rings. The van der Waals surface area contributed by atoms with Crippen molar-refractivity contribution in [3.05, 3.63) is 125 Å². The summed E-state index contributed by atoms with van der Waals surface area (Å²) < 4.78 is 33.8. The van der Waals surface area contributed by atoms with Crippen LogP contribution < -0.4 is 14.5 Å². The monoisotopic (exact) mass is 547 g/mol. The van der Waals surface area contributed by atoms with E-state index in [0.717, 1.165) is 15.4 Å². The maximum Gasteiger partial charge on any atom is 0.264 e. The molecule has 0 saturated heterocycles. The molecule has 4 aromatic carbocycles. The van der Waals surface area contributed by atoms with E-state index < -0.39 is 22.5 Å². The maximum absolute atomic E-state index is 13.4. The minimum Gasteiger partial charge on any atom is -0.488 e. The smallest absolute Gasteiger partial charge is 0.264 e. The van der Waals surface area contributed by atoms with E-state index in [-0.39, 0.29) is 11.5 Å². The molecule has 1 N–H and O–H groups in total. The van der Waals surface area contributed by atoms with Crippen LogP contribution in [-0.4, -0.2) is 27.1 Å². The molecule has 0 atom stereocenters.